The average molecular weight is 909 g/mol. The third kappa shape index (κ3) is 36.0. The Balaban J connectivity index is 4.41. The fourth-order valence-corrected chi connectivity index (χ4v) is 7.94. The number of unbranched alkanes of at least 4 members (excludes halogenated alkanes) is 21. The first-order valence-corrected chi connectivity index (χ1v) is 24.4. The summed E-state index contributed by atoms with van der Waals surface area (Å²) >= 11 is 7.71. The van der Waals surface area contributed by atoms with E-state index >= 15 is 0 Å². The van der Waals surface area contributed by atoms with E-state index in [1.54, 1.807) is 0 Å². The molecule has 316 valence electrons. The number of carbonyl (C=O) groups excluding carboxylic acids is 2. The molecule has 0 spiro atoms. The fourth-order valence-electron chi connectivity index (χ4n) is 5.97. The fraction of sp³-hybridized carbons (Fsp3) is 0.950. The second kappa shape index (κ2) is 37.5. The Bertz CT molecular complexity index is 900. The van der Waals surface area contributed by atoms with Crippen molar-refractivity contribution >= 4 is 51.6 Å². The molecule has 1 unspecified atom stereocenters. The van der Waals surface area contributed by atoms with Gasteiger partial charge >= 0.3 is 19.8 Å². The number of ether oxygens (including phenoxy) is 2. The van der Waals surface area contributed by atoms with E-state index in [9.17, 15) is 24.2 Å². The third-order valence-corrected chi connectivity index (χ3v) is 13.2. The maximum absolute atomic E-state index is 12.6. The van der Waals surface area contributed by atoms with Crippen molar-refractivity contribution in [2.45, 2.75) is 215 Å². The second-order valence-electron chi connectivity index (χ2n) is 14.6. The molecular formula is C40H77Br2O10P. The molecule has 5 atom stereocenters. The minimum Gasteiger partial charge on any atom is -0.462 e. The number of rotatable bonds is 40. The molecule has 10 nitrogen and oxygen atoms in total. The lowest BCUT2D eigenvalue weighted by Gasteiger charge is -2.20. The first-order valence-electron chi connectivity index (χ1n) is 21.1. The van der Waals surface area contributed by atoms with Crippen molar-refractivity contribution in [2.24, 2.45) is 0 Å². The second-order valence-corrected chi connectivity index (χ2v) is 18.4. The molecule has 53 heavy (non-hydrogen) atoms. The van der Waals surface area contributed by atoms with Crippen molar-refractivity contribution in [1.29, 1.82) is 0 Å². The summed E-state index contributed by atoms with van der Waals surface area (Å²) in [5.74, 6) is -0.934. The van der Waals surface area contributed by atoms with Crippen molar-refractivity contribution in [2.75, 3.05) is 26.4 Å². The molecule has 0 saturated heterocycles. The van der Waals surface area contributed by atoms with Crippen LogP contribution >= 0.6 is 39.7 Å². The molecule has 0 aliphatic carbocycles. The predicted octanol–water partition coefficient (Wildman–Crippen LogP) is 11.4. The lowest BCUT2D eigenvalue weighted by Crippen LogP contribution is -2.29. The molecule has 0 fully saturated rings. The molecule has 0 aromatic carbocycles. The Labute approximate surface area is 339 Å². The number of hydrogen-bond acceptors (Lipinski definition) is 9. The molecule has 0 aromatic heterocycles. The molecule has 0 saturated carbocycles. The van der Waals surface area contributed by atoms with Gasteiger partial charge < -0.3 is 24.6 Å². The van der Waals surface area contributed by atoms with Crippen LogP contribution in [-0.4, -0.2) is 75.3 Å². The lowest BCUT2D eigenvalue weighted by molar-refractivity contribution is -0.161. The van der Waals surface area contributed by atoms with Crippen molar-refractivity contribution < 1.29 is 47.8 Å². The Morgan fingerprint density at radius 2 is 0.943 bits per heavy atom. The largest absolute Gasteiger partial charge is 0.472 e. The van der Waals surface area contributed by atoms with Gasteiger partial charge in [-0.25, -0.2) is 4.57 Å². The van der Waals surface area contributed by atoms with Crippen LogP contribution in [0.2, 0.25) is 0 Å². The number of halogens is 2. The van der Waals surface area contributed by atoms with E-state index in [4.69, 9.17) is 23.6 Å². The van der Waals surface area contributed by atoms with Crippen LogP contribution < -0.4 is 0 Å². The number of carbonyl (C=O) groups is 2. The third-order valence-electron chi connectivity index (χ3n) is 9.36. The molecule has 0 heterocycles. The zero-order chi connectivity index (χ0) is 39.4. The van der Waals surface area contributed by atoms with Crippen LogP contribution in [0.25, 0.3) is 0 Å². The first kappa shape index (κ1) is 52.9. The van der Waals surface area contributed by atoms with E-state index in [0.29, 0.717) is 22.5 Å². The van der Waals surface area contributed by atoms with Crippen LogP contribution in [-0.2, 0) is 32.7 Å². The number of phosphoric acid groups is 1. The summed E-state index contributed by atoms with van der Waals surface area (Å²) in [6, 6.07) is 0. The monoisotopic (exact) mass is 906 g/mol. The van der Waals surface area contributed by atoms with Crippen LogP contribution in [0.1, 0.15) is 194 Å². The molecule has 0 rings (SSSR count). The van der Waals surface area contributed by atoms with E-state index in [-0.39, 0.29) is 19.4 Å². The number of aliphatic hydroxyl groups excluding tert-OH is 2. The van der Waals surface area contributed by atoms with Gasteiger partial charge in [0.1, 0.15) is 12.7 Å². The van der Waals surface area contributed by atoms with Gasteiger partial charge in [-0.1, -0.05) is 187 Å². The molecular weight excluding hydrogens is 831 g/mol. The molecule has 0 aliphatic rings. The summed E-state index contributed by atoms with van der Waals surface area (Å²) in [6.45, 7) is 2.36. The highest BCUT2D eigenvalue weighted by molar-refractivity contribution is 9.12. The highest BCUT2D eigenvalue weighted by Gasteiger charge is 2.27. The maximum atomic E-state index is 12.6. The topological polar surface area (TPSA) is 149 Å². The number of phosphoric ester groups is 1. The summed E-state index contributed by atoms with van der Waals surface area (Å²) < 4.78 is 32.7. The number of esters is 2. The van der Waals surface area contributed by atoms with Gasteiger partial charge in [0.2, 0.25) is 0 Å². The zero-order valence-corrected chi connectivity index (χ0v) is 37.4. The molecule has 0 radical (unpaired) electrons. The van der Waals surface area contributed by atoms with E-state index in [1.165, 1.54) is 103 Å². The Morgan fingerprint density at radius 3 is 1.38 bits per heavy atom. The van der Waals surface area contributed by atoms with E-state index in [0.717, 1.165) is 51.4 Å². The van der Waals surface area contributed by atoms with E-state index in [2.05, 4.69) is 45.7 Å². The first-order chi connectivity index (χ1) is 25.5. The van der Waals surface area contributed by atoms with Gasteiger partial charge in [-0.15, -0.1) is 0 Å². The standard InChI is InChI=1S/C40H77Br2O10P/c1-3-5-7-9-11-12-13-14-15-16-17-21-25-29-39(45)49-33-36(34-51-53(47,48)50-32-35(44)31-43)52-40(46)30-26-22-18-20-24-28-38(42)37(41)27-23-19-10-8-6-4-2/h35-38,43-44H,3-34H2,1-2H3,(H,47,48)/t35-,36-,37+,38+/m1/s1. The highest BCUT2D eigenvalue weighted by Crippen LogP contribution is 2.43. The molecule has 0 amide bonds. The van der Waals surface area contributed by atoms with Crippen LogP contribution in [0.3, 0.4) is 0 Å². The highest BCUT2D eigenvalue weighted by atomic mass is 79.9. The number of hydrogen-bond donors (Lipinski definition) is 3. The van der Waals surface area contributed by atoms with Crippen LogP contribution in [0.15, 0.2) is 0 Å². The van der Waals surface area contributed by atoms with E-state index in [1.807, 2.05) is 0 Å². The maximum Gasteiger partial charge on any atom is 0.472 e. The van der Waals surface area contributed by atoms with E-state index < -0.39 is 51.8 Å². The van der Waals surface area contributed by atoms with Gasteiger partial charge in [-0.05, 0) is 25.7 Å². The van der Waals surface area contributed by atoms with Gasteiger partial charge in [0.15, 0.2) is 6.10 Å². The summed E-state index contributed by atoms with van der Waals surface area (Å²) in [5.41, 5.74) is 0. The van der Waals surface area contributed by atoms with Crippen LogP contribution in [0, 0.1) is 0 Å². The van der Waals surface area contributed by atoms with Gasteiger partial charge in [0.05, 0.1) is 19.8 Å². The van der Waals surface area contributed by atoms with Gasteiger partial charge in [-0.3, -0.25) is 18.6 Å². The Morgan fingerprint density at radius 1 is 0.566 bits per heavy atom. The number of alkyl halides is 2. The van der Waals surface area contributed by atoms with Crippen molar-refractivity contribution in [3.05, 3.63) is 0 Å². The SMILES string of the molecule is CCCCCCCCCCCCCCCC(=O)OC[C@H](COP(=O)(O)OC[C@H](O)CO)OC(=O)CCCCCCC[C@H](Br)[C@@H](Br)CCCCCCCC. The predicted molar refractivity (Wildman–Crippen MR) is 222 cm³/mol. The van der Waals surface area contributed by atoms with Crippen molar-refractivity contribution in [3.63, 3.8) is 0 Å². The minimum atomic E-state index is -4.62. The summed E-state index contributed by atoms with van der Waals surface area (Å²) in [4.78, 5) is 36.0. The normalized spacial score (nSPS) is 15.1. The smallest absolute Gasteiger partial charge is 0.462 e. The van der Waals surface area contributed by atoms with Crippen molar-refractivity contribution in [1.82, 2.24) is 0 Å². The average Bonchev–Trinajstić information content (AvgIpc) is 3.14. The molecule has 0 aliphatic heterocycles. The van der Waals surface area contributed by atoms with Crippen molar-refractivity contribution in [3.8, 4) is 0 Å². The minimum absolute atomic E-state index is 0.169. The molecule has 13 heteroatoms. The Kier molecular flexibility index (Phi) is 37.5. The van der Waals surface area contributed by atoms with Crippen LogP contribution in [0.4, 0.5) is 0 Å². The summed E-state index contributed by atoms with van der Waals surface area (Å²) in [7, 11) is -4.62. The van der Waals surface area contributed by atoms with Gasteiger partial charge in [-0.2, -0.15) is 0 Å². The molecule has 0 bridgehead atoms. The van der Waals surface area contributed by atoms with Gasteiger partial charge in [0, 0.05) is 22.5 Å². The number of aliphatic hydroxyl groups is 2. The Hall–Kier alpha value is -0.0700. The molecule has 0 aromatic rings. The summed E-state index contributed by atoms with van der Waals surface area (Å²) in [6.07, 6.45) is 28.4. The molecule has 3 N–H and O–H groups in total. The lowest BCUT2D eigenvalue weighted by atomic mass is 10.0. The van der Waals surface area contributed by atoms with Gasteiger partial charge in [0.25, 0.3) is 0 Å². The summed E-state index contributed by atoms with van der Waals surface area (Å²) in [5, 5.41) is 18.3. The zero-order valence-electron chi connectivity index (χ0n) is 33.3. The quantitative estimate of drug-likeness (QED) is 0.0235. The van der Waals surface area contributed by atoms with Crippen LogP contribution in [0.5, 0.6) is 0 Å².